The molecular weight excluding hydrogens is 242 g/mol. The van der Waals surface area contributed by atoms with Gasteiger partial charge in [0.25, 0.3) is 0 Å². The SMILES string of the molecule is Cc1ccnc(NC(=O)C(=O)Nc2ccccc2)c1. The van der Waals surface area contributed by atoms with Gasteiger partial charge in [0.15, 0.2) is 0 Å². The van der Waals surface area contributed by atoms with Crippen molar-refractivity contribution in [2.75, 3.05) is 10.6 Å². The van der Waals surface area contributed by atoms with E-state index < -0.39 is 11.8 Å². The molecule has 0 bridgehead atoms. The Balaban J connectivity index is 1.98. The third-order valence-electron chi connectivity index (χ3n) is 2.39. The number of para-hydroxylation sites is 1. The number of hydrogen-bond donors (Lipinski definition) is 2. The molecule has 0 saturated heterocycles. The highest BCUT2D eigenvalue weighted by Gasteiger charge is 2.14. The molecule has 0 saturated carbocycles. The van der Waals surface area contributed by atoms with E-state index in [1.807, 2.05) is 13.0 Å². The zero-order chi connectivity index (χ0) is 13.7. The molecule has 96 valence electrons. The molecule has 5 heteroatoms. The van der Waals surface area contributed by atoms with E-state index in [0.717, 1.165) is 5.56 Å². The topological polar surface area (TPSA) is 71.1 Å². The lowest BCUT2D eigenvalue weighted by molar-refractivity contribution is -0.133. The summed E-state index contributed by atoms with van der Waals surface area (Å²) in [5.74, 6) is -1.12. The summed E-state index contributed by atoms with van der Waals surface area (Å²) in [6, 6.07) is 12.3. The molecule has 1 heterocycles. The second kappa shape index (κ2) is 5.77. The standard InChI is InChI=1S/C14H13N3O2/c1-10-7-8-15-12(9-10)17-14(19)13(18)16-11-5-3-2-4-6-11/h2-9H,1H3,(H,16,18)(H,15,17,19). The van der Waals surface area contributed by atoms with Crippen LogP contribution in [0.25, 0.3) is 0 Å². The number of hydrogen-bond acceptors (Lipinski definition) is 3. The van der Waals surface area contributed by atoms with Crippen LogP contribution in [0.3, 0.4) is 0 Å². The van der Waals surface area contributed by atoms with E-state index in [1.54, 1.807) is 42.6 Å². The van der Waals surface area contributed by atoms with Crippen molar-refractivity contribution in [3.63, 3.8) is 0 Å². The number of nitrogens with zero attached hydrogens (tertiary/aromatic N) is 1. The van der Waals surface area contributed by atoms with E-state index in [0.29, 0.717) is 11.5 Å². The minimum atomic E-state index is -0.748. The average Bonchev–Trinajstić information content (AvgIpc) is 2.40. The first-order valence-corrected chi connectivity index (χ1v) is 5.75. The van der Waals surface area contributed by atoms with Gasteiger partial charge in [-0.05, 0) is 36.8 Å². The van der Waals surface area contributed by atoms with Gasteiger partial charge in [0, 0.05) is 11.9 Å². The van der Waals surface area contributed by atoms with Crippen LogP contribution in [-0.2, 0) is 9.59 Å². The van der Waals surface area contributed by atoms with Crippen LogP contribution >= 0.6 is 0 Å². The predicted molar refractivity (Wildman–Crippen MR) is 72.7 cm³/mol. The van der Waals surface area contributed by atoms with Crippen LogP contribution in [0.15, 0.2) is 48.7 Å². The molecule has 2 N–H and O–H groups in total. The number of carbonyl (C=O) groups excluding carboxylic acids is 2. The first kappa shape index (κ1) is 12.8. The molecule has 2 rings (SSSR count). The van der Waals surface area contributed by atoms with Gasteiger partial charge in [-0.2, -0.15) is 0 Å². The zero-order valence-electron chi connectivity index (χ0n) is 10.4. The van der Waals surface area contributed by atoms with Crippen LogP contribution in [0, 0.1) is 6.92 Å². The molecule has 2 aromatic rings. The third-order valence-corrected chi connectivity index (χ3v) is 2.39. The molecule has 1 aromatic carbocycles. The summed E-state index contributed by atoms with van der Waals surface area (Å²) in [5.41, 5.74) is 1.52. The van der Waals surface area contributed by atoms with Crippen molar-refractivity contribution in [3.8, 4) is 0 Å². The van der Waals surface area contributed by atoms with E-state index in [1.165, 1.54) is 0 Å². The van der Waals surface area contributed by atoms with E-state index in [-0.39, 0.29) is 0 Å². The normalized spacial score (nSPS) is 9.74. The average molecular weight is 255 g/mol. The lowest BCUT2D eigenvalue weighted by Crippen LogP contribution is -2.29. The Morgan fingerprint density at radius 3 is 2.37 bits per heavy atom. The predicted octanol–water partition coefficient (Wildman–Crippen LogP) is 1.97. The van der Waals surface area contributed by atoms with Gasteiger partial charge in [-0.15, -0.1) is 0 Å². The summed E-state index contributed by atoms with van der Waals surface area (Å²) in [6.07, 6.45) is 1.57. The number of amides is 2. The first-order chi connectivity index (χ1) is 9.15. The maximum absolute atomic E-state index is 11.7. The summed E-state index contributed by atoms with van der Waals surface area (Å²) in [4.78, 5) is 27.3. The number of rotatable bonds is 2. The molecule has 19 heavy (non-hydrogen) atoms. The Hall–Kier alpha value is -2.69. The zero-order valence-corrected chi connectivity index (χ0v) is 10.4. The fraction of sp³-hybridized carbons (Fsp3) is 0.0714. The molecular formula is C14H13N3O2. The molecule has 0 fully saturated rings. The molecule has 1 aromatic heterocycles. The molecule has 0 radical (unpaired) electrons. The van der Waals surface area contributed by atoms with Gasteiger partial charge in [0.2, 0.25) is 0 Å². The minimum Gasteiger partial charge on any atom is -0.318 e. The largest absolute Gasteiger partial charge is 0.318 e. The number of benzene rings is 1. The molecule has 0 spiro atoms. The van der Waals surface area contributed by atoms with E-state index >= 15 is 0 Å². The maximum Gasteiger partial charge on any atom is 0.315 e. The van der Waals surface area contributed by atoms with Crippen LogP contribution in [0.2, 0.25) is 0 Å². The molecule has 0 aliphatic heterocycles. The van der Waals surface area contributed by atoms with Gasteiger partial charge in [-0.1, -0.05) is 18.2 Å². The Morgan fingerprint density at radius 2 is 1.68 bits per heavy atom. The summed E-state index contributed by atoms with van der Waals surface area (Å²) >= 11 is 0. The van der Waals surface area contributed by atoms with Gasteiger partial charge in [-0.25, -0.2) is 4.98 Å². The number of aryl methyl sites for hydroxylation is 1. The molecule has 0 aliphatic carbocycles. The second-order valence-corrected chi connectivity index (χ2v) is 3.99. The van der Waals surface area contributed by atoms with Crippen molar-refractivity contribution in [3.05, 3.63) is 54.2 Å². The van der Waals surface area contributed by atoms with Gasteiger partial charge < -0.3 is 10.6 Å². The fourth-order valence-corrected chi connectivity index (χ4v) is 1.49. The minimum absolute atomic E-state index is 0.355. The highest BCUT2D eigenvalue weighted by molar-refractivity contribution is 6.43. The van der Waals surface area contributed by atoms with Gasteiger partial charge in [0.05, 0.1) is 0 Å². The van der Waals surface area contributed by atoms with Crippen molar-refractivity contribution in [1.29, 1.82) is 0 Å². The van der Waals surface area contributed by atoms with Gasteiger partial charge in [0.1, 0.15) is 5.82 Å². The van der Waals surface area contributed by atoms with Crippen LogP contribution in [0.5, 0.6) is 0 Å². The lowest BCUT2D eigenvalue weighted by Gasteiger charge is -2.06. The van der Waals surface area contributed by atoms with Crippen LogP contribution in [0.1, 0.15) is 5.56 Å². The summed E-state index contributed by atoms with van der Waals surface area (Å²) < 4.78 is 0. The Morgan fingerprint density at radius 1 is 1.00 bits per heavy atom. The van der Waals surface area contributed by atoms with Crippen LogP contribution in [-0.4, -0.2) is 16.8 Å². The number of anilines is 2. The maximum atomic E-state index is 11.7. The van der Waals surface area contributed by atoms with Crippen molar-refractivity contribution in [2.24, 2.45) is 0 Å². The molecule has 5 nitrogen and oxygen atoms in total. The summed E-state index contributed by atoms with van der Waals surface area (Å²) in [5, 5.41) is 4.94. The van der Waals surface area contributed by atoms with Crippen molar-refractivity contribution >= 4 is 23.3 Å². The van der Waals surface area contributed by atoms with Gasteiger partial charge in [-0.3, -0.25) is 9.59 Å². The first-order valence-electron chi connectivity index (χ1n) is 5.75. The van der Waals surface area contributed by atoms with Crippen molar-refractivity contribution < 1.29 is 9.59 Å². The number of carbonyl (C=O) groups is 2. The van der Waals surface area contributed by atoms with Crippen molar-refractivity contribution in [2.45, 2.75) is 6.92 Å². The molecule has 0 aliphatic rings. The Bertz CT molecular complexity index is 597. The molecule has 2 amide bonds. The Kier molecular flexibility index (Phi) is 3.87. The number of aromatic nitrogens is 1. The van der Waals surface area contributed by atoms with Crippen LogP contribution in [0.4, 0.5) is 11.5 Å². The number of pyridine rings is 1. The molecule has 0 unspecified atom stereocenters. The van der Waals surface area contributed by atoms with E-state index in [2.05, 4.69) is 15.6 Å². The number of nitrogens with one attached hydrogen (secondary N) is 2. The smallest absolute Gasteiger partial charge is 0.315 e. The highest BCUT2D eigenvalue weighted by Crippen LogP contribution is 2.07. The second-order valence-electron chi connectivity index (χ2n) is 3.99. The van der Waals surface area contributed by atoms with Crippen LogP contribution < -0.4 is 10.6 Å². The summed E-state index contributed by atoms with van der Waals surface area (Å²) in [6.45, 7) is 1.88. The monoisotopic (exact) mass is 255 g/mol. The summed E-state index contributed by atoms with van der Waals surface area (Å²) in [7, 11) is 0. The third kappa shape index (κ3) is 3.64. The van der Waals surface area contributed by atoms with E-state index in [4.69, 9.17) is 0 Å². The lowest BCUT2D eigenvalue weighted by atomic mass is 10.3. The fourth-order valence-electron chi connectivity index (χ4n) is 1.49. The van der Waals surface area contributed by atoms with Crippen molar-refractivity contribution in [1.82, 2.24) is 4.98 Å². The Labute approximate surface area is 110 Å². The quantitative estimate of drug-likeness (QED) is 0.806. The highest BCUT2D eigenvalue weighted by atomic mass is 16.2. The van der Waals surface area contributed by atoms with Gasteiger partial charge >= 0.3 is 11.8 Å². The van der Waals surface area contributed by atoms with E-state index in [9.17, 15) is 9.59 Å². The molecule has 0 atom stereocenters.